The van der Waals surface area contributed by atoms with Gasteiger partial charge in [-0.25, -0.2) is 0 Å². The highest BCUT2D eigenvalue weighted by molar-refractivity contribution is 5.98. The summed E-state index contributed by atoms with van der Waals surface area (Å²) in [5, 5.41) is 6.27. The third-order valence-corrected chi connectivity index (χ3v) is 4.62. The van der Waals surface area contributed by atoms with Crippen LogP contribution in [0.4, 0.5) is 5.69 Å². The molecule has 23 heavy (non-hydrogen) atoms. The van der Waals surface area contributed by atoms with Crippen LogP contribution in [0, 0.1) is 5.92 Å². The molecule has 5 nitrogen and oxygen atoms in total. The molecule has 1 aliphatic heterocycles. The second-order valence-electron chi connectivity index (χ2n) is 6.33. The predicted molar refractivity (Wildman–Crippen MR) is 93.0 cm³/mol. The third kappa shape index (κ3) is 4.03. The highest BCUT2D eigenvalue weighted by Gasteiger charge is 2.30. The maximum Gasteiger partial charge on any atom is 0.254 e. The van der Waals surface area contributed by atoms with Crippen LogP contribution in [0.3, 0.4) is 0 Å². The Morgan fingerprint density at radius 2 is 2.00 bits per heavy atom. The number of amides is 2. The summed E-state index contributed by atoms with van der Waals surface area (Å²) in [6.07, 6.45) is 1.95. The average Bonchev–Trinajstić information content (AvgIpc) is 3.34. The summed E-state index contributed by atoms with van der Waals surface area (Å²) in [4.78, 5) is 26.5. The SMILES string of the molecule is CC1NCCN(C(=O)c2cccc(NC(=O)C3CC3)c2)C1C.Cl. The summed E-state index contributed by atoms with van der Waals surface area (Å²) < 4.78 is 0. The molecule has 126 valence electrons. The van der Waals surface area contributed by atoms with Crippen molar-refractivity contribution in [3.05, 3.63) is 29.8 Å². The molecular weight excluding hydrogens is 314 g/mol. The number of nitrogens with zero attached hydrogens (tertiary/aromatic N) is 1. The van der Waals surface area contributed by atoms with Gasteiger partial charge in [-0.1, -0.05) is 6.07 Å². The minimum absolute atomic E-state index is 0. The van der Waals surface area contributed by atoms with Gasteiger partial charge in [0, 0.05) is 42.3 Å². The van der Waals surface area contributed by atoms with Crippen molar-refractivity contribution in [1.29, 1.82) is 0 Å². The van der Waals surface area contributed by atoms with Crippen molar-refractivity contribution in [1.82, 2.24) is 10.2 Å². The van der Waals surface area contributed by atoms with Crippen molar-refractivity contribution in [3.63, 3.8) is 0 Å². The number of anilines is 1. The van der Waals surface area contributed by atoms with Gasteiger partial charge in [0.15, 0.2) is 0 Å². The first-order valence-electron chi connectivity index (χ1n) is 8.01. The Morgan fingerprint density at radius 3 is 2.70 bits per heavy atom. The molecule has 2 aliphatic rings. The number of halogens is 1. The number of hydrogen-bond acceptors (Lipinski definition) is 3. The predicted octanol–water partition coefficient (Wildman–Crippen LogP) is 2.28. The summed E-state index contributed by atoms with van der Waals surface area (Å²) in [5.74, 6) is 0.255. The molecule has 1 aromatic rings. The Labute approximate surface area is 143 Å². The Bertz CT molecular complexity index is 589. The van der Waals surface area contributed by atoms with Crippen molar-refractivity contribution < 1.29 is 9.59 Å². The number of nitrogens with one attached hydrogen (secondary N) is 2. The van der Waals surface area contributed by atoms with Crippen LogP contribution in [0.25, 0.3) is 0 Å². The van der Waals surface area contributed by atoms with Crippen molar-refractivity contribution >= 4 is 29.9 Å². The highest BCUT2D eigenvalue weighted by atomic mass is 35.5. The summed E-state index contributed by atoms with van der Waals surface area (Å²) in [6, 6.07) is 7.70. The molecule has 2 amide bonds. The van der Waals surface area contributed by atoms with Crippen molar-refractivity contribution in [2.45, 2.75) is 38.8 Å². The first-order chi connectivity index (χ1) is 10.6. The maximum absolute atomic E-state index is 12.7. The molecule has 1 aliphatic carbocycles. The topological polar surface area (TPSA) is 61.4 Å². The van der Waals surface area contributed by atoms with E-state index in [1.165, 1.54) is 0 Å². The van der Waals surface area contributed by atoms with Gasteiger partial charge in [0.25, 0.3) is 5.91 Å². The van der Waals surface area contributed by atoms with E-state index in [0.717, 1.165) is 19.4 Å². The van der Waals surface area contributed by atoms with Gasteiger partial charge in [0.1, 0.15) is 0 Å². The van der Waals surface area contributed by atoms with E-state index in [4.69, 9.17) is 0 Å². The Balaban J connectivity index is 0.00000192. The van der Waals surface area contributed by atoms with Crippen LogP contribution < -0.4 is 10.6 Å². The molecule has 6 heteroatoms. The van der Waals surface area contributed by atoms with E-state index in [2.05, 4.69) is 24.5 Å². The average molecular weight is 338 g/mol. The largest absolute Gasteiger partial charge is 0.333 e. The second kappa shape index (κ2) is 7.32. The monoisotopic (exact) mass is 337 g/mol. The lowest BCUT2D eigenvalue weighted by molar-refractivity contribution is -0.117. The van der Waals surface area contributed by atoms with Crippen molar-refractivity contribution in [2.24, 2.45) is 5.92 Å². The van der Waals surface area contributed by atoms with Crippen molar-refractivity contribution in [3.8, 4) is 0 Å². The van der Waals surface area contributed by atoms with E-state index in [9.17, 15) is 9.59 Å². The van der Waals surface area contributed by atoms with Crippen LogP contribution in [0.2, 0.25) is 0 Å². The van der Waals surface area contributed by atoms with E-state index in [0.29, 0.717) is 17.8 Å². The van der Waals surface area contributed by atoms with Gasteiger partial charge in [-0.2, -0.15) is 0 Å². The highest BCUT2D eigenvalue weighted by Crippen LogP contribution is 2.30. The van der Waals surface area contributed by atoms with Gasteiger partial charge in [0.2, 0.25) is 5.91 Å². The summed E-state index contributed by atoms with van der Waals surface area (Å²) >= 11 is 0. The third-order valence-electron chi connectivity index (χ3n) is 4.62. The fourth-order valence-corrected chi connectivity index (χ4v) is 2.83. The number of carbonyl (C=O) groups is 2. The minimum atomic E-state index is 0. The second-order valence-corrected chi connectivity index (χ2v) is 6.33. The quantitative estimate of drug-likeness (QED) is 0.889. The maximum atomic E-state index is 12.7. The molecule has 2 N–H and O–H groups in total. The van der Waals surface area contributed by atoms with E-state index < -0.39 is 0 Å². The Hall–Kier alpha value is -1.59. The van der Waals surface area contributed by atoms with Crippen LogP contribution in [0.15, 0.2) is 24.3 Å². The van der Waals surface area contributed by atoms with Gasteiger partial charge in [-0.3, -0.25) is 9.59 Å². The molecule has 2 fully saturated rings. The zero-order valence-corrected chi connectivity index (χ0v) is 14.4. The minimum Gasteiger partial charge on any atom is -0.333 e. The normalized spacial score (nSPS) is 23.8. The molecule has 0 aromatic heterocycles. The molecular formula is C17H24ClN3O2. The lowest BCUT2D eigenvalue weighted by Gasteiger charge is -2.38. The summed E-state index contributed by atoms with van der Waals surface area (Å²) in [5.41, 5.74) is 1.34. The first-order valence-corrected chi connectivity index (χ1v) is 8.01. The molecule has 2 atom stereocenters. The molecule has 1 saturated carbocycles. The molecule has 1 saturated heterocycles. The lowest BCUT2D eigenvalue weighted by Crippen LogP contribution is -2.57. The van der Waals surface area contributed by atoms with Gasteiger partial charge < -0.3 is 15.5 Å². The first kappa shape index (κ1) is 17.8. The van der Waals surface area contributed by atoms with Crippen LogP contribution >= 0.6 is 12.4 Å². The van der Waals surface area contributed by atoms with Gasteiger partial charge in [-0.15, -0.1) is 12.4 Å². The number of rotatable bonds is 3. The molecule has 2 unspecified atom stereocenters. The summed E-state index contributed by atoms with van der Waals surface area (Å²) in [6.45, 7) is 5.68. The Morgan fingerprint density at radius 1 is 1.26 bits per heavy atom. The fourth-order valence-electron chi connectivity index (χ4n) is 2.83. The van der Waals surface area contributed by atoms with Crippen molar-refractivity contribution in [2.75, 3.05) is 18.4 Å². The van der Waals surface area contributed by atoms with E-state index in [-0.39, 0.29) is 42.2 Å². The van der Waals surface area contributed by atoms with E-state index in [1.54, 1.807) is 6.07 Å². The molecule has 1 heterocycles. The molecule has 1 aromatic carbocycles. The molecule has 0 bridgehead atoms. The van der Waals surface area contributed by atoms with Crippen LogP contribution in [-0.4, -0.2) is 41.9 Å². The fraction of sp³-hybridized carbons (Fsp3) is 0.529. The number of hydrogen-bond donors (Lipinski definition) is 2. The zero-order valence-electron chi connectivity index (χ0n) is 13.5. The zero-order chi connectivity index (χ0) is 15.7. The van der Waals surface area contributed by atoms with E-state index in [1.807, 2.05) is 23.1 Å². The van der Waals surface area contributed by atoms with Crippen LogP contribution in [-0.2, 0) is 4.79 Å². The molecule has 3 rings (SSSR count). The standard InChI is InChI=1S/C17H23N3O2.ClH/c1-11-12(2)20(9-8-18-11)17(22)14-4-3-5-15(10-14)19-16(21)13-6-7-13;/h3-5,10-13,18H,6-9H2,1-2H3,(H,19,21);1H. The van der Waals surface area contributed by atoms with Crippen LogP contribution in [0.1, 0.15) is 37.0 Å². The summed E-state index contributed by atoms with van der Waals surface area (Å²) in [7, 11) is 0. The molecule has 0 radical (unpaired) electrons. The van der Waals surface area contributed by atoms with Gasteiger partial charge in [-0.05, 0) is 44.9 Å². The number of benzene rings is 1. The number of carbonyl (C=O) groups excluding carboxylic acids is 2. The van der Waals surface area contributed by atoms with Crippen LogP contribution in [0.5, 0.6) is 0 Å². The van der Waals surface area contributed by atoms with Gasteiger partial charge in [0.05, 0.1) is 0 Å². The van der Waals surface area contributed by atoms with Gasteiger partial charge >= 0.3 is 0 Å². The number of piperazine rings is 1. The Kier molecular flexibility index (Phi) is 5.65. The smallest absolute Gasteiger partial charge is 0.254 e. The lowest BCUT2D eigenvalue weighted by atomic mass is 10.0. The molecule has 0 spiro atoms. The van der Waals surface area contributed by atoms with E-state index >= 15 is 0 Å².